The molecular formula is C13H18BrNO. The Morgan fingerprint density at radius 1 is 1.25 bits per heavy atom. The van der Waals surface area contributed by atoms with Crippen molar-refractivity contribution in [3.63, 3.8) is 0 Å². The van der Waals surface area contributed by atoms with E-state index in [1.165, 1.54) is 24.8 Å². The Kier molecular flexibility index (Phi) is 3.55. The number of benzene rings is 1. The van der Waals surface area contributed by atoms with Crippen LogP contribution >= 0.6 is 15.9 Å². The first kappa shape index (κ1) is 11.9. The largest absolute Gasteiger partial charge is 0.497 e. The summed E-state index contributed by atoms with van der Waals surface area (Å²) >= 11 is 3.59. The van der Waals surface area contributed by atoms with Crippen LogP contribution in [-0.4, -0.2) is 7.11 Å². The predicted molar refractivity (Wildman–Crippen MR) is 69.6 cm³/mol. The van der Waals surface area contributed by atoms with Gasteiger partial charge in [0, 0.05) is 10.0 Å². The van der Waals surface area contributed by atoms with E-state index in [-0.39, 0.29) is 5.54 Å². The molecule has 0 bridgehead atoms. The van der Waals surface area contributed by atoms with Gasteiger partial charge in [0.15, 0.2) is 0 Å². The molecule has 0 spiro atoms. The molecule has 16 heavy (non-hydrogen) atoms. The van der Waals surface area contributed by atoms with Gasteiger partial charge in [-0.3, -0.25) is 0 Å². The Balaban J connectivity index is 2.37. The molecule has 1 aliphatic rings. The summed E-state index contributed by atoms with van der Waals surface area (Å²) in [4.78, 5) is 0. The highest BCUT2D eigenvalue weighted by Gasteiger charge is 2.31. The van der Waals surface area contributed by atoms with Crippen molar-refractivity contribution in [3.8, 4) is 5.75 Å². The van der Waals surface area contributed by atoms with Gasteiger partial charge in [-0.15, -0.1) is 0 Å². The van der Waals surface area contributed by atoms with Gasteiger partial charge in [0.25, 0.3) is 0 Å². The average molecular weight is 284 g/mol. The minimum Gasteiger partial charge on any atom is -0.497 e. The molecule has 0 radical (unpaired) electrons. The number of ether oxygens (including phenoxy) is 1. The summed E-state index contributed by atoms with van der Waals surface area (Å²) in [5.74, 6) is 0.883. The fourth-order valence-electron chi connectivity index (χ4n) is 2.46. The number of methoxy groups -OCH3 is 1. The molecule has 0 aromatic heterocycles. The van der Waals surface area contributed by atoms with Gasteiger partial charge >= 0.3 is 0 Å². The van der Waals surface area contributed by atoms with E-state index in [4.69, 9.17) is 10.5 Å². The highest BCUT2D eigenvalue weighted by atomic mass is 79.9. The zero-order valence-corrected chi connectivity index (χ0v) is 11.2. The fourth-order valence-corrected chi connectivity index (χ4v) is 3.11. The lowest BCUT2D eigenvalue weighted by Gasteiger charge is -2.34. The van der Waals surface area contributed by atoms with Crippen molar-refractivity contribution in [2.24, 2.45) is 5.73 Å². The highest BCUT2D eigenvalue weighted by Crippen LogP contribution is 2.39. The molecule has 1 fully saturated rings. The topological polar surface area (TPSA) is 35.2 Å². The number of nitrogens with two attached hydrogens (primary N) is 1. The smallest absolute Gasteiger partial charge is 0.119 e. The maximum absolute atomic E-state index is 6.52. The molecule has 0 atom stereocenters. The van der Waals surface area contributed by atoms with E-state index >= 15 is 0 Å². The summed E-state index contributed by atoms with van der Waals surface area (Å²) in [5.41, 5.74) is 7.53. The molecule has 0 saturated heterocycles. The van der Waals surface area contributed by atoms with Crippen LogP contribution in [0.4, 0.5) is 0 Å². The van der Waals surface area contributed by atoms with Crippen LogP contribution in [0.2, 0.25) is 0 Å². The lowest BCUT2D eigenvalue weighted by Crippen LogP contribution is -2.38. The maximum Gasteiger partial charge on any atom is 0.119 e. The minimum atomic E-state index is -0.175. The first-order valence-corrected chi connectivity index (χ1v) is 6.58. The van der Waals surface area contributed by atoms with Crippen molar-refractivity contribution < 1.29 is 4.74 Å². The number of hydrogen-bond acceptors (Lipinski definition) is 2. The molecule has 1 aliphatic carbocycles. The lowest BCUT2D eigenvalue weighted by atomic mass is 9.77. The SMILES string of the molecule is COc1ccc(Br)c(C2(N)CCCCC2)c1. The quantitative estimate of drug-likeness (QED) is 0.901. The Bertz CT molecular complexity index is 372. The molecule has 0 heterocycles. The molecule has 0 aliphatic heterocycles. The van der Waals surface area contributed by atoms with Crippen LogP contribution in [0.15, 0.2) is 22.7 Å². The Hall–Kier alpha value is -0.540. The van der Waals surface area contributed by atoms with Crippen molar-refractivity contribution in [1.82, 2.24) is 0 Å². The Morgan fingerprint density at radius 3 is 2.56 bits per heavy atom. The van der Waals surface area contributed by atoms with Crippen molar-refractivity contribution in [1.29, 1.82) is 0 Å². The van der Waals surface area contributed by atoms with Crippen LogP contribution in [0, 0.1) is 0 Å². The van der Waals surface area contributed by atoms with E-state index in [1.54, 1.807) is 7.11 Å². The monoisotopic (exact) mass is 283 g/mol. The van der Waals surface area contributed by atoms with E-state index in [1.807, 2.05) is 12.1 Å². The van der Waals surface area contributed by atoms with Gasteiger partial charge in [-0.1, -0.05) is 35.2 Å². The number of rotatable bonds is 2. The van der Waals surface area contributed by atoms with E-state index in [9.17, 15) is 0 Å². The first-order chi connectivity index (χ1) is 7.65. The third-order valence-corrected chi connectivity index (χ3v) is 4.15. The van der Waals surface area contributed by atoms with Crippen LogP contribution < -0.4 is 10.5 Å². The minimum absolute atomic E-state index is 0.175. The van der Waals surface area contributed by atoms with E-state index < -0.39 is 0 Å². The van der Waals surface area contributed by atoms with Gasteiger partial charge in [0.2, 0.25) is 0 Å². The summed E-state index contributed by atoms with van der Waals surface area (Å²) in [6, 6.07) is 6.05. The molecule has 0 unspecified atom stereocenters. The molecule has 2 N–H and O–H groups in total. The van der Waals surface area contributed by atoms with Crippen molar-refractivity contribution in [2.45, 2.75) is 37.6 Å². The zero-order chi connectivity index (χ0) is 11.6. The van der Waals surface area contributed by atoms with Crippen LogP contribution in [0.25, 0.3) is 0 Å². The van der Waals surface area contributed by atoms with E-state index in [0.29, 0.717) is 0 Å². The summed E-state index contributed by atoms with van der Waals surface area (Å²) < 4.78 is 6.36. The molecule has 2 nitrogen and oxygen atoms in total. The first-order valence-electron chi connectivity index (χ1n) is 5.79. The Labute approximate surface area is 105 Å². The van der Waals surface area contributed by atoms with Crippen LogP contribution in [0.3, 0.4) is 0 Å². The van der Waals surface area contributed by atoms with Gasteiger partial charge in [0.1, 0.15) is 5.75 Å². The predicted octanol–water partition coefficient (Wildman–Crippen LogP) is 3.58. The summed E-state index contributed by atoms with van der Waals surface area (Å²) in [6.07, 6.45) is 5.89. The second-order valence-corrected chi connectivity index (χ2v) is 5.42. The molecule has 88 valence electrons. The van der Waals surface area contributed by atoms with Gasteiger partial charge in [-0.25, -0.2) is 0 Å². The second kappa shape index (κ2) is 4.76. The Morgan fingerprint density at radius 2 is 1.94 bits per heavy atom. The van der Waals surface area contributed by atoms with E-state index in [0.717, 1.165) is 23.1 Å². The molecule has 1 aromatic rings. The third-order valence-electron chi connectivity index (χ3n) is 3.46. The fraction of sp³-hybridized carbons (Fsp3) is 0.538. The van der Waals surface area contributed by atoms with Gasteiger partial charge < -0.3 is 10.5 Å². The van der Waals surface area contributed by atoms with Gasteiger partial charge in [0.05, 0.1) is 7.11 Å². The summed E-state index contributed by atoms with van der Waals surface area (Å²) in [5, 5.41) is 0. The van der Waals surface area contributed by atoms with Crippen LogP contribution in [0.1, 0.15) is 37.7 Å². The zero-order valence-electron chi connectivity index (χ0n) is 9.63. The average Bonchev–Trinajstić information content (AvgIpc) is 2.30. The molecule has 3 heteroatoms. The molecular weight excluding hydrogens is 266 g/mol. The second-order valence-electron chi connectivity index (χ2n) is 4.56. The number of hydrogen-bond donors (Lipinski definition) is 1. The standard InChI is InChI=1S/C13H18BrNO/c1-16-10-5-6-12(14)11(9-10)13(15)7-3-2-4-8-13/h5-6,9H,2-4,7-8,15H2,1H3. The summed E-state index contributed by atoms with van der Waals surface area (Å²) in [7, 11) is 1.69. The lowest BCUT2D eigenvalue weighted by molar-refractivity contribution is 0.299. The number of halogens is 1. The molecule has 0 amide bonds. The molecule has 1 saturated carbocycles. The van der Waals surface area contributed by atoms with Crippen molar-refractivity contribution in [2.75, 3.05) is 7.11 Å². The highest BCUT2D eigenvalue weighted by molar-refractivity contribution is 9.10. The molecule has 1 aromatic carbocycles. The molecule has 2 rings (SSSR count). The van der Waals surface area contributed by atoms with Gasteiger partial charge in [-0.05, 0) is 36.6 Å². The van der Waals surface area contributed by atoms with Crippen LogP contribution in [-0.2, 0) is 5.54 Å². The van der Waals surface area contributed by atoms with E-state index in [2.05, 4.69) is 22.0 Å². The van der Waals surface area contributed by atoms with Crippen molar-refractivity contribution >= 4 is 15.9 Å². The summed E-state index contributed by atoms with van der Waals surface area (Å²) in [6.45, 7) is 0. The maximum atomic E-state index is 6.52. The van der Waals surface area contributed by atoms with Gasteiger partial charge in [-0.2, -0.15) is 0 Å². The van der Waals surface area contributed by atoms with Crippen LogP contribution in [0.5, 0.6) is 5.75 Å². The normalized spacial score (nSPS) is 19.4. The van der Waals surface area contributed by atoms with Crippen molar-refractivity contribution in [3.05, 3.63) is 28.2 Å². The third kappa shape index (κ3) is 2.25.